The van der Waals surface area contributed by atoms with Crippen molar-refractivity contribution in [1.82, 2.24) is 10.5 Å². The molecular weight excluding hydrogens is 432 g/mol. The maximum absolute atomic E-state index is 12.3. The highest BCUT2D eigenvalue weighted by atomic mass is 32.1. The number of amides is 2. The molecule has 2 N–H and O–H groups in total. The van der Waals surface area contributed by atoms with Gasteiger partial charge in [-0.3, -0.25) is 4.79 Å². The first-order chi connectivity index (χ1) is 15.5. The van der Waals surface area contributed by atoms with Gasteiger partial charge in [-0.1, -0.05) is 5.16 Å². The molecule has 3 aromatic rings. The molecule has 1 aliphatic carbocycles. The lowest BCUT2D eigenvalue weighted by molar-refractivity contribution is -0.111. The fourth-order valence-electron chi connectivity index (χ4n) is 3.42. The molecule has 0 fully saturated rings. The summed E-state index contributed by atoms with van der Waals surface area (Å²) in [6.07, 6.45) is 5.26. The number of anilines is 1. The van der Waals surface area contributed by atoms with Crippen LogP contribution in [0.15, 0.2) is 39.5 Å². The van der Waals surface area contributed by atoms with Gasteiger partial charge < -0.3 is 24.3 Å². The molecule has 10 heteroatoms. The Kier molecular flexibility index (Phi) is 6.37. The van der Waals surface area contributed by atoms with Crippen LogP contribution in [0.3, 0.4) is 0 Å². The topological polar surface area (TPSA) is 130 Å². The third kappa shape index (κ3) is 5.07. The summed E-state index contributed by atoms with van der Waals surface area (Å²) in [5.41, 5.74) is 1.99. The molecule has 2 amide bonds. The van der Waals surface area contributed by atoms with Gasteiger partial charge in [0.15, 0.2) is 0 Å². The van der Waals surface area contributed by atoms with E-state index in [-0.39, 0.29) is 18.6 Å². The second-order valence-electron chi connectivity index (χ2n) is 7.21. The number of thiophene rings is 1. The Labute approximate surface area is 187 Å². The number of aryl methyl sites for hydroxylation is 1. The Morgan fingerprint density at radius 1 is 1.47 bits per heavy atom. The largest absolute Gasteiger partial charge is 0.465 e. The Morgan fingerprint density at radius 3 is 3.06 bits per heavy atom. The summed E-state index contributed by atoms with van der Waals surface area (Å²) >= 11 is 1.34. The number of aromatic nitrogens is 1. The fourth-order valence-corrected chi connectivity index (χ4v) is 4.68. The predicted molar refractivity (Wildman–Crippen MR) is 116 cm³/mol. The molecule has 0 radical (unpaired) electrons. The minimum atomic E-state index is -0.534. The van der Waals surface area contributed by atoms with Crippen LogP contribution in [0, 0.1) is 18.3 Å². The van der Waals surface area contributed by atoms with Crippen LogP contribution in [0.2, 0.25) is 0 Å². The number of hydrogen-bond donors (Lipinski definition) is 2. The van der Waals surface area contributed by atoms with Gasteiger partial charge in [0.2, 0.25) is 5.91 Å². The highest BCUT2D eigenvalue weighted by Gasteiger charge is 2.28. The molecule has 0 saturated heterocycles. The average molecular weight is 452 g/mol. The van der Waals surface area contributed by atoms with Crippen LogP contribution >= 0.6 is 11.3 Å². The molecule has 0 saturated carbocycles. The van der Waals surface area contributed by atoms with E-state index >= 15 is 0 Å². The molecule has 0 spiro atoms. The lowest BCUT2D eigenvalue weighted by Crippen LogP contribution is -2.31. The molecule has 0 aromatic carbocycles. The molecule has 32 heavy (non-hydrogen) atoms. The van der Waals surface area contributed by atoms with Gasteiger partial charge in [-0.2, -0.15) is 5.26 Å². The van der Waals surface area contributed by atoms with Gasteiger partial charge in [0.1, 0.15) is 34.4 Å². The number of carbonyl (C=O) groups is 2. The first kappa shape index (κ1) is 21.4. The Balaban J connectivity index is 1.35. The summed E-state index contributed by atoms with van der Waals surface area (Å²) in [4.78, 5) is 25.3. The van der Waals surface area contributed by atoms with Crippen LogP contribution < -0.4 is 10.6 Å². The SMILES string of the molecule is Cc1cc(CNC(=O)OC2CCc3c(sc(NC(=O)/C=C/c4ccco4)c3C#N)C2)no1. The van der Waals surface area contributed by atoms with Crippen molar-refractivity contribution in [2.45, 2.75) is 38.8 Å². The van der Waals surface area contributed by atoms with E-state index in [0.717, 1.165) is 10.4 Å². The van der Waals surface area contributed by atoms with Crippen molar-refractivity contribution >= 4 is 34.4 Å². The summed E-state index contributed by atoms with van der Waals surface area (Å²) < 4.78 is 15.7. The van der Waals surface area contributed by atoms with Gasteiger partial charge in [0.25, 0.3) is 0 Å². The van der Waals surface area contributed by atoms with Crippen LogP contribution in [-0.4, -0.2) is 23.3 Å². The molecule has 9 nitrogen and oxygen atoms in total. The van der Waals surface area contributed by atoms with Crippen molar-refractivity contribution < 1.29 is 23.3 Å². The molecule has 0 aliphatic heterocycles. The number of hydrogen-bond acceptors (Lipinski definition) is 8. The van der Waals surface area contributed by atoms with E-state index in [1.165, 1.54) is 23.7 Å². The van der Waals surface area contributed by atoms with E-state index in [4.69, 9.17) is 13.7 Å². The molecule has 3 aromatic heterocycles. The maximum atomic E-state index is 12.3. The zero-order valence-electron chi connectivity index (χ0n) is 17.2. The summed E-state index contributed by atoms with van der Waals surface area (Å²) in [7, 11) is 0. The van der Waals surface area contributed by atoms with Crippen LogP contribution in [0.5, 0.6) is 0 Å². The fraction of sp³-hybridized carbons (Fsp3) is 0.273. The normalized spacial score (nSPS) is 15.2. The zero-order chi connectivity index (χ0) is 22.5. The number of carbonyl (C=O) groups excluding carboxylic acids is 2. The summed E-state index contributed by atoms with van der Waals surface area (Å²) in [5, 5.41) is 19.4. The van der Waals surface area contributed by atoms with Gasteiger partial charge in [0, 0.05) is 23.4 Å². The second kappa shape index (κ2) is 9.53. The molecule has 4 rings (SSSR count). The molecule has 1 unspecified atom stereocenters. The number of alkyl carbamates (subject to hydrolysis) is 1. The second-order valence-corrected chi connectivity index (χ2v) is 8.32. The number of fused-ring (bicyclic) bond motifs is 1. The van der Waals surface area contributed by atoms with Crippen LogP contribution in [0.1, 0.15) is 39.6 Å². The first-order valence-corrected chi connectivity index (χ1v) is 10.8. The van der Waals surface area contributed by atoms with E-state index in [1.54, 1.807) is 31.2 Å². The van der Waals surface area contributed by atoms with Crippen LogP contribution in [0.25, 0.3) is 6.08 Å². The Hall–Kier alpha value is -3.84. The average Bonchev–Trinajstić information content (AvgIpc) is 3.50. The van der Waals surface area contributed by atoms with Crippen molar-refractivity contribution in [3.63, 3.8) is 0 Å². The van der Waals surface area contributed by atoms with Crippen LogP contribution in [0.4, 0.5) is 9.80 Å². The Morgan fingerprint density at radius 2 is 2.34 bits per heavy atom. The standard InChI is InChI=1S/C22H20N4O5S/c1-13-9-14(26-31-13)12-24-22(28)30-16-4-6-17-18(11-23)21(32-19(17)10-16)25-20(27)7-5-15-3-2-8-29-15/h2-3,5,7-9,16H,4,6,10,12H2,1H3,(H,24,28)(H,25,27)/b7-5+. The van der Waals surface area contributed by atoms with Crippen molar-refractivity contribution in [3.8, 4) is 6.07 Å². The highest BCUT2D eigenvalue weighted by molar-refractivity contribution is 7.16. The number of nitriles is 1. The van der Waals surface area contributed by atoms with Gasteiger partial charge >= 0.3 is 6.09 Å². The highest BCUT2D eigenvalue weighted by Crippen LogP contribution is 2.38. The van der Waals surface area contributed by atoms with E-state index in [1.807, 2.05) is 0 Å². The lowest BCUT2D eigenvalue weighted by Gasteiger charge is -2.22. The molecule has 3 heterocycles. The van der Waals surface area contributed by atoms with Gasteiger partial charge in [-0.15, -0.1) is 11.3 Å². The number of rotatable bonds is 6. The molecule has 1 atom stereocenters. The zero-order valence-corrected chi connectivity index (χ0v) is 18.0. The third-order valence-electron chi connectivity index (χ3n) is 4.88. The summed E-state index contributed by atoms with van der Waals surface area (Å²) in [6, 6.07) is 7.39. The quantitative estimate of drug-likeness (QED) is 0.542. The lowest BCUT2D eigenvalue weighted by atomic mass is 9.94. The van der Waals surface area contributed by atoms with E-state index in [0.29, 0.717) is 47.0 Å². The third-order valence-corrected chi connectivity index (χ3v) is 6.04. The van der Waals surface area contributed by atoms with E-state index < -0.39 is 6.09 Å². The Bertz CT molecular complexity index is 1190. The first-order valence-electron chi connectivity index (χ1n) is 9.95. The van der Waals surface area contributed by atoms with Gasteiger partial charge in [-0.25, -0.2) is 4.79 Å². The van der Waals surface area contributed by atoms with E-state index in [9.17, 15) is 14.9 Å². The number of ether oxygens (including phenoxy) is 1. The van der Waals surface area contributed by atoms with Gasteiger partial charge in [-0.05, 0) is 43.5 Å². The minimum Gasteiger partial charge on any atom is -0.465 e. The van der Waals surface area contributed by atoms with Crippen molar-refractivity contribution in [3.05, 3.63) is 63.8 Å². The smallest absolute Gasteiger partial charge is 0.407 e. The molecule has 1 aliphatic rings. The number of nitrogens with one attached hydrogen (secondary N) is 2. The van der Waals surface area contributed by atoms with Crippen molar-refractivity contribution in [2.75, 3.05) is 5.32 Å². The summed E-state index contributed by atoms with van der Waals surface area (Å²) in [5.74, 6) is 0.871. The molecular formula is C22H20N4O5S. The maximum Gasteiger partial charge on any atom is 0.407 e. The van der Waals surface area contributed by atoms with Crippen molar-refractivity contribution in [2.24, 2.45) is 0 Å². The molecule has 164 valence electrons. The number of furan rings is 1. The molecule has 0 bridgehead atoms. The predicted octanol–water partition coefficient (Wildman–Crippen LogP) is 3.94. The number of nitrogens with zero attached hydrogens (tertiary/aromatic N) is 2. The summed E-state index contributed by atoms with van der Waals surface area (Å²) in [6.45, 7) is 1.99. The minimum absolute atomic E-state index is 0.216. The van der Waals surface area contributed by atoms with Gasteiger partial charge in [0.05, 0.1) is 18.4 Å². The van der Waals surface area contributed by atoms with Crippen molar-refractivity contribution in [1.29, 1.82) is 5.26 Å². The van der Waals surface area contributed by atoms with E-state index in [2.05, 4.69) is 21.9 Å². The monoisotopic (exact) mass is 452 g/mol. The van der Waals surface area contributed by atoms with Crippen LogP contribution in [-0.2, 0) is 28.9 Å².